The molecule has 4 rings (SSSR count). The first kappa shape index (κ1) is 22.6. The fourth-order valence-electron chi connectivity index (χ4n) is 3.89. The number of anilines is 2. The van der Waals surface area contributed by atoms with E-state index in [1.54, 1.807) is 12.1 Å². The van der Waals surface area contributed by atoms with E-state index in [1.807, 2.05) is 17.9 Å². The predicted molar refractivity (Wildman–Crippen MR) is 120 cm³/mol. The predicted octanol–water partition coefficient (Wildman–Crippen LogP) is 1.15. The van der Waals surface area contributed by atoms with Crippen molar-refractivity contribution < 1.29 is 22.6 Å². The van der Waals surface area contributed by atoms with Crippen LogP contribution in [0, 0.1) is 6.92 Å². The summed E-state index contributed by atoms with van der Waals surface area (Å²) in [7, 11) is -0.776. The molecular weight excluding hydrogens is 434 g/mol. The van der Waals surface area contributed by atoms with Gasteiger partial charge < -0.3 is 24.0 Å². The molecule has 0 radical (unpaired) electrons. The first-order valence-electron chi connectivity index (χ1n) is 10.6. The lowest BCUT2D eigenvalue weighted by atomic mass is 10.3. The van der Waals surface area contributed by atoms with Gasteiger partial charge in [-0.15, -0.1) is 0 Å². The molecule has 2 aliphatic rings. The molecule has 174 valence electrons. The van der Waals surface area contributed by atoms with Crippen LogP contribution < -0.4 is 19.3 Å². The number of aromatic nitrogens is 2. The number of nitrogens with zero attached hydrogens (tertiary/aromatic N) is 5. The lowest BCUT2D eigenvalue weighted by molar-refractivity contribution is 0.122. The lowest BCUT2D eigenvalue weighted by Gasteiger charge is -2.35. The fraction of sp³-hybridized carbons (Fsp3) is 0.524. The van der Waals surface area contributed by atoms with Gasteiger partial charge in [-0.3, -0.25) is 0 Å². The van der Waals surface area contributed by atoms with Crippen LogP contribution in [0.2, 0.25) is 0 Å². The molecule has 2 aromatic rings. The van der Waals surface area contributed by atoms with Crippen LogP contribution in [0.3, 0.4) is 0 Å². The highest BCUT2D eigenvalue weighted by molar-refractivity contribution is 7.89. The second-order valence-corrected chi connectivity index (χ2v) is 9.58. The largest absolute Gasteiger partial charge is 0.497 e. The first-order chi connectivity index (χ1) is 15.4. The highest BCUT2D eigenvalue weighted by atomic mass is 32.2. The van der Waals surface area contributed by atoms with Crippen LogP contribution in [0.5, 0.6) is 11.5 Å². The van der Waals surface area contributed by atoms with Crippen molar-refractivity contribution in [3.05, 3.63) is 30.0 Å². The Morgan fingerprint density at radius 3 is 2.28 bits per heavy atom. The van der Waals surface area contributed by atoms with E-state index in [-0.39, 0.29) is 4.90 Å². The summed E-state index contributed by atoms with van der Waals surface area (Å²) in [5.41, 5.74) is 0.882. The standard InChI is InChI=1S/C21H29N5O5S/c1-16-14-20(24-10-12-31-13-11-24)23-21(22-16)25-6-8-26(9-7-25)32(27,28)19-15-17(29-2)4-5-18(19)30-3/h4-5,14-15H,6-13H2,1-3H3. The molecule has 0 amide bonds. The van der Waals surface area contributed by atoms with E-state index in [0.29, 0.717) is 56.8 Å². The Kier molecular flexibility index (Phi) is 6.68. The van der Waals surface area contributed by atoms with Gasteiger partial charge in [-0.05, 0) is 19.1 Å². The number of hydrogen-bond donors (Lipinski definition) is 0. The average molecular weight is 464 g/mol. The smallest absolute Gasteiger partial charge is 0.247 e. The quantitative estimate of drug-likeness (QED) is 0.625. The van der Waals surface area contributed by atoms with Crippen LogP contribution in [-0.4, -0.2) is 89.4 Å². The molecule has 1 aromatic heterocycles. The van der Waals surface area contributed by atoms with Crippen molar-refractivity contribution in [1.82, 2.24) is 14.3 Å². The normalized spacial score (nSPS) is 18.0. The minimum atomic E-state index is -3.74. The van der Waals surface area contributed by atoms with Gasteiger partial charge in [-0.25, -0.2) is 13.4 Å². The van der Waals surface area contributed by atoms with E-state index < -0.39 is 10.0 Å². The van der Waals surface area contributed by atoms with E-state index >= 15 is 0 Å². The van der Waals surface area contributed by atoms with Gasteiger partial charge in [0.05, 0.1) is 27.4 Å². The van der Waals surface area contributed by atoms with E-state index in [2.05, 4.69) is 9.88 Å². The minimum Gasteiger partial charge on any atom is -0.497 e. The summed E-state index contributed by atoms with van der Waals surface area (Å²) in [5, 5.41) is 0. The summed E-state index contributed by atoms with van der Waals surface area (Å²) in [4.78, 5) is 13.7. The topological polar surface area (TPSA) is 97.3 Å². The van der Waals surface area contributed by atoms with Gasteiger partial charge in [0.2, 0.25) is 16.0 Å². The van der Waals surface area contributed by atoms with Crippen molar-refractivity contribution in [1.29, 1.82) is 0 Å². The third-order valence-electron chi connectivity index (χ3n) is 5.67. The average Bonchev–Trinajstić information content (AvgIpc) is 2.83. The van der Waals surface area contributed by atoms with Crippen molar-refractivity contribution in [2.45, 2.75) is 11.8 Å². The second-order valence-electron chi connectivity index (χ2n) is 7.67. The number of piperazine rings is 1. The van der Waals surface area contributed by atoms with Crippen LogP contribution in [-0.2, 0) is 14.8 Å². The van der Waals surface area contributed by atoms with Crippen LogP contribution in [0.25, 0.3) is 0 Å². The Hall–Kier alpha value is -2.63. The molecule has 0 aliphatic carbocycles. The maximum Gasteiger partial charge on any atom is 0.247 e. The summed E-state index contributed by atoms with van der Waals surface area (Å²) in [6, 6.07) is 6.76. The number of methoxy groups -OCH3 is 2. The number of hydrogen-bond acceptors (Lipinski definition) is 9. The van der Waals surface area contributed by atoms with E-state index in [0.717, 1.165) is 24.6 Å². The van der Waals surface area contributed by atoms with Crippen molar-refractivity contribution >= 4 is 21.8 Å². The van der Waals surface area contributed by atoms with Crippen LogP contribution in [0.1, 0.15) is 5.69 Å². The Morgan fingerprint density at radius 2 is 1.62 bits per heavy atom. The highest BCUT2D eigenvalue weighted by Crippen LogP contribution is 2.31. The SMILES string of the molecule is COc1ccc(OC)c(S(=O)(=O)N2CCN(c3nc(C)cc(N4CCOCC4)n3)CC2)c1. The van der Waals surface area contributed by atoms with E-state index in [1.165, 1.54) is 24.6 Å². The fourth-order valence-corrected chi connectivity index (χ4v) is 5.48. The number of morpholine rings is 1. The van der Waals surface area contributed by atoms with Crippen molar-refractivity contribution in [2.24, 2.45) is 0 Å². The van der Waals surface area contributed by atoms with Crippen molar-refractivity contribution in [3.8, 4) is 11.5 Å². The third-order valence-corrected chi connectivity index (χ3v) is 7.59. The summed E-state index contributed by atoms with van der Waals surface area (Å²) in [6.07, 6.45) is 0. The van der Waals surface area contributed by atoms with Gasteiger partial charge in [-0.2, -0.15) is 9.29 Å². The molecule has 0 N–H and O–H groups in total. The number of sulfonamides is 1. The maximum atomic E-state index is 13.3. The maximum absolute atomic E-state index is 13.3. The lowest BCUT2D eigenvalue weighted by Crippen LogP contribution is -2.49. The minimum absolute atomic E-state index is 0.106. The summed E-state index contributed by atoms with van der Waals surface area (Å²) < 4.78 is 44.0. The first-order valence-corrected chi connectivity index (χ1v) is 12.0. The molecular formula is C21H29N5O5S. The van der Waals surface area contributed by atoms with Crippen molar-refractivity contribution in [2.75, 3.05) is 76.5 Å². The summed E-state index contributed by atoms with van der Waals surface area (Å²) >= 11 is 0. The molecule has 0 atom stereocenters. The molecule has 10 nitrogen and oxygen atoms in total. The third kappa shape index (κ3) is 4.59. The molecule has 2 fully saturated rings. The Balaban J connectivity index is 1.50. The van der Waals surface area contributed by atoms with Gasteiger partial charge in [-0.1, -0.05) is 0 Å². The second kappa shape index (κ2) is 9.47. The number of benzene rings is 1. The monoisotopic (exact) mass is 463 g/mol. The zero-order valence-electron chi connectivity index (χ0n) is 18.7. The van der Waals surface area contributed by atoms with E-state index in [4.69, 9.17) is 19.2 Å². The van der Waals surface area contributed by atoms with Crippen LogP contribution in [0.4, 0.5) is 11.8 Å². The van der Waals surface area contributed by atoms with Crippen LogP contribution in [0.15, 0.2) is 29.2 Å². The summed E-state index contributed by atoms with van der Waals surface area (Å²) in [6.45, 7) is 6.56. The molecule has 0 unspecified atom stereocenters. The Labute approximate surface area is 188 Å². The summed E-state index contributed by atoms with van der Waals surface area (Å²) in [5.74, 6) is 2.27. The van der Waals surface area contributed by atoms with Crippen LogP contribution >= 0.6 is 0 Å². The van der Waals surface area contributed by atoms with Gasteiger partial charge in [0.15, 0.2) is 0 Å². The molecule has 11 heteroatoms. The molecule has 2 saturated heterocycles. The molecule has 1 aromatic carbocycles. The highest BCUT2D eigenvalue weighted by Gasteiger charge is 2.32. The van der Waals surface area contributed by atoms with Gasteiger partial charge in [0.25, 0.3) is 0 Å². The molecule has 0 saturated carbocycles. The van der Waals surface area contributed by atoms with Gasteiger partial charge >= 0.3 is 0 Å². The van der Waals surface area contributed by atoms with Gasteiger partial charge in [0.1, 0.15) is 22.2 Å². The Bertz CT molecular complexity index is 1050. The number of ether oxygens (including phenoxy) is 3. The van der Waals surface area contributed by atoms with Crippen molar-refractivity contribution in [3.63, 3.8) is 0 Å². The van der Waals surface area contributed by atoms with E-state index in [9.17, 15) is 8.42 Å². The molecule has 0 bridgehead atoms. The molecule has 32 heavy (non-hydrogen) atoms. The zero-order valence-corrected chi connectivity index (χ0v) is 19.5. The Morgan fingerprint density at radius 1 is 0.906 bits per heavy atom. The number of aryl methyl sites for hydroxylation is 1. The van der Waals surface area contributed by atoms with Gasteiger partial charge in [0, 0.05) is 57.1 Å². The molecule has 3 heterocycles. The number of rotatable bonds is 6. The molecule has 2 aliphatic heterocycles. The zero-order chi connectivity index (χ0) is 22.7. The molecule has 0 spiro atoms.